The molecule has 160 valence electrons. The molecular weight excluding hydrogens is 460 g/mol. The number of halogens is 1. The molecule has 6 nitrogen and oxygen atoms in total. The van der Waals surface area contributed by atoms with Crippen molar-refractivity contribution in [3.8, 4) is 11.5 Å². The Kier molecular flexibility index (Phi) is 6.42. The summed E-state index contributed by atoms with van der Waals surface area (Å²) < 4.78 is 11.8. The van der Waals surface area contributed by atoms with Gasteiger partial charge in [0.15, 0.2) is 6.61 Å². The molecule has 1 aliphatic heterocycles. The van der Waals surface area contributed by atoms with Gasteiger partial charge in [-0.05, 0) is 57.0 Å². The van der Waals surface area contributed by atoms with E-state index in [9.17, 15) is 9.59 Å². The number of fused-ring (bicyclic) bond motifs is 1. The Labute approximate surface area is 189 Å². The average molecular weight is 483 g/mol. The van der Waals surface area contributed by atoms with E-state index in [2.05, 4.69) is 15.9 Å². The van der Waals surface area contributed by atoms with Crippen molar-refractivity contribution in [2.75, 3.05) is 39.9 Å². The van der Waals surface area contributed by atoms with Crippen LogP contribution in [0.1, 0.15) is 10.4 Å². The third kappa shape index (κ3) is 4.66. The lowest BCUT2D eigenvalue weighted by atomic mass is 10.1. The first-order chi connectivity index (χ1) is 15.1. The van der Waals surface area contributed by atoms with Crippen molar-refractivity contribution in [3.63, 3.8) is 0 Å². The fourth-order valence-electron chi connectivity index (χ4n) is 3.63. The van der Waals surface area contributed by atoms with Gasteiger partial charge in [0.2, 0.25) is 0 Å². The van der Waals surface area contributed by atoms with Gasteiger partial charge in [-0.25, -0.2) is 0 Å². The van der Waals surface area contributed by atoms with Gasteiger partial charge in [0.05, 0.1) is 11.6 Å². The van der Waals surface area contributed by atoms with Crippen molar-refractivity contribution in [2.24, 2.45) is 0 Å². The van der Waals surface area contributed by atoms with Crippen LogP contribution in [0.25, 0.3) is 10.8 Å². The maximum atomic E-state index is 12.7. The largest absolute Gasteiger partial charge is 0.497 e. The third-order valence-corrected chi connectivity index (χ3v) is 6.25. The van der Waals surface area contributed by atoms with Gasteiger partial charge in [-0.3, -0.25) is 9.59 Å². The van der Waals surface area contributed by atoms with Gasteiger partial charge in [0.1, 0.15) is 11.5 Å². The normalized spacial score (nSPS) is 13.9. The van der Waals surface area contributed by atoms with E-state index in [1.54, 1.807) is 41.2 Å². The van der Waals surface area contributed by atoms with E-state index < -0.39 is 0 Å². The Hall–Kier alpha value is -3.06. The molecule has 0 radical (unpaired) electrons. The lowest BCUT2D eigenvalue weighted by Gasteiger charge is -2.34. The van der Waals surface area contributed by atoms with Crippen LogP contribution in [0.2, 0.25) is 0 Å². The number of methoxy groups -OCH3 is 1. The molecule has 31 heavy (non-hydrogen) atoms. The number of amides is 2. The van der Waals surface area contributed by atoms with Crippen LogP contribution < -0.4 is 9.47 Å². The van der Waals surface area contributed by atoms with Crippen molar-refractivity contribution >= 4 is 38.5 Å². The van der Waals surface area contributed by atoms with Crippen LogP contribution in [0.4, 0.5) is 0 Å². The Bertz CT molecular complexity index is 1090. The van der Waals surface area contributed by atoms with Gasteiger partial charge < -0.3 is 19.3 Å². The third-order valence-electron chi connectivity index (χ3n) is 5.44. The van der Waals surface area contributed by atoms with Crippen LogP contribution in [-0.2, 0) is 4.79 Å². The topological polar surface area (TPSA) is 59.1 Å². The van der Waals surface area contributed by atoms with E-state index >= 15 is 0 Å². The number of hydrogen-bond acceptors (Lipinski definition) is 4. The van der Waals surface area contributed by atoms with Gasteiger partial charge in [-0.1, -0.05) is 30.3 Å². The summed E-state index contributed by atoms with van der Waals surface area (Å²) in [5.41, 5.74) is 0.616. The fraction of sp³-hybridized carbons (Fsp3) is 0.250. The molecule has 0 unspecified atom stereocenters. The SMILES string of the molecule is COc1ccc(C(=O)N2CCN(C(=O)COc3ccc4ccccc4c3Br)CC2)cc1. The van der Waals surface area contributed by atoms with Crippen LogP contribution in [0, 0.1) is 0 Å². The van der Waals surface area contributed by atoms with Gasteiger partial charge in [0.25, 0.3) is 11.8 Å². The predicted molar refractivity (Wildman–Crippen MR) is 123 cm³/mol. The quantitative estimate of drug-likeness (QED) is 0.551. The minimum Gasteiger partial charge on any atom is -0.497 e. The van der Waals surface area contributed by atoms with Gasteiger partial charge >= 0.3 is 0 Å². The van der Waals surface area contributed by atoms with Crippen LogP contribution in [0.5, 0.6) is 11.5 Å². The van der Waals surface area contributed by atoms with Crippen molar-refractivity contribution < 1.29 is 19.1 Å². The molecule has 1 saturated heterocycles. The standard InChI is InChI=1S/C24H23BrN2O4/c1-30-19-9-6-18(7-10-19)24(29)27-14-12-26(13-15-27)22(28)16-31-21-11-8-17-4-2-3-5-20(17)23(21)25/h2-11H,12-16H2,1H3. The van der Waals surface area contributed by atoms with Gasteiger partial charge in [-0.2, -0.15) is 0 Å². The average Bonchev–Trinajstić information content (AvgIpc) is 2.83. The summed E-state index contributed by atoms with van der Waals surface area (Å²) >= 11 is 3.58. The Morgan fingerprint density at radius 1 is 0.903 bits per heavy atom. The highest BCUT2D eigenvalue weighted by molar-refractivity contribution is 9.10. The second kappa shape index (κ2) is 9.39. The number of carbonyl (C=O) groups is 2. The van der Waals surface area contributed by atoms with Gasteiger partial charge in [-0.15, -0.1) is 0 Å². The Balaban J connectivity index is 1.31. The summed E-state index contributed by atoms with van der Waals surface area (Å²) in [6.07, 6.45) is 0. The second-order valence-corrected chi connectivity index (χ2v) is 8.08. The summed E-state index contributed by atoms with van der Waals surface area (Å²) in [6.45, 7) is 1.93. The first-order valence-electron chi connectivity index (χ1n) is 10.1. The first-order valence-corrected chi connectivity index (χ1v) is 10.9. The van der Waals surface area contributed by atoms with E-state index in [-0.39, 0.29) is 18.4 Å². The Morgan fingerprint density at radius 3 is 2.29 bits per heavy atom. The molecule has 3 aromatic rings. The molecule has 7 heteroatoms. The molecule has 4 rings (SSSR count). The van der Waals surface area contributed by atoms with Crippen LogP contribution in [0.15, 0.2) is 65.1 Å². The molecule has 0 aliphatic carbocycles. The smallest absolute Gasteiger partial charge is 0.260 e. The highest BCUT2D eigenvalue weighted by Crippen LogP contribution is 2.33. The van der Waals surface area contributed by atoms with Crippen molar-refractivity contribution in [1.29, 1.82) is 0 Å². The van der Waals surface area contributed by atoms with Crippen LogP contribution >= 0.6 is 15.9 Å². The highest BCUT2D eigenvalue weighted by Gasteiger charge is 2.25. The zero-order valence-electron chi connectivity index (χ0n) is 17.2. The monoisotopic (exact) mass is 482 g/mol. The van der Waals surface area contributed by atoms with E-state index in [0.29, 0.717) is 43.2 Å². The fourth-order valence-corrected chi connectivity index (χ4v) is 4.24. The Morgan fingerprint density at radius 2 is 1.58 bits per heavy atom. The molecule has 1 heterocycles. The molecule has 2 amide bonds. The summed E-state index contributed by atoms with van der Waals surface area (Å²) in [7, 11) is 1.59. The number of benzene rings is 3. The predicted octanol–water partition coefficient (Wildman–Crippen LogP) is 3.97. The number of rotatable bonds is 5. The minimum atomic E-state index is -0.0865. The zero-order valence-corrected chi connectivity index (χ0v) is 18.8. The van der Waals surface area contributed by atoms with E-state index in [1.165, 1.54) is 0 Å². The molecule has 0 bridgehead atoms. The van der Waals surface area contributed by atoms with E-state index in [0.717, 1.165) is 15.2 Å². The molecular formula is C24H23BrN2O4. The molecule has 0 N–H and O–H groups in total. The van der Waals surface area contributed by atoms with Crippen LogP contribution in [-0.4, -0.2) is 61.5 Å². The first kappa shape index (κ1) is 21.2. The van der Waals surface area contributed by atoms with E-state index in [1.807, 2.05) is 36.4 Å². The molecule has 0 aromatic heterocycles. The zero-order chi connectivity index (χ0) is 21.8. The second-order valence-electron chi connectivity index (χ2n) is 7.29. The van der Waals surface area contributed by atoms with Crippen LogP contribution in [0.3, 0.4) is 0 Å². The number of nitrogens with zero attached hydrogens (tertiary/aromatic N) is 2. The van der Waals surface area contributed by atoms with Gasteiger partial charge in [0, 0.05) is 31.7 Å². The summed E-state index contributed by atoms with van der Waals surface area (Å²) in [6, 6.07) is 18.9. The number of ether oxygens (including phenoxy) is 2. The lowest BCUT2D eigenvalue weighted by Crippen LogP contribution is -2.51. The lowest BCUT2D eigenvalue weighted by molar-refractivity contribution is -0.134. The molecule has 0 atom stereocenters. The molecule has 0 spiro atoms. The molecule has 1 aliphatic rings. The summed E-state index contributed by atoms with van der Waals surface area (Å²) in [4.78, 5) is 28.8. The molecule has 1 fully saturated rings. The van der Waals surface area contributed by atoms with E-state index in [4.69, 9.17) is 9.47 Å². The minimum absolute atomic E-state index is 0.0360. The summed E-state index contributed by atoms with van der Waals surface area (Å²) in [5.74, 6) is 1.23. The van der Waals surface area contributed by atoms with Crippen molar-refractivity contribution in [1.82, 2.24) is 9.80 Å². The van der Waals surface area contributed by atoms with Crippen molar-refractivity contribution in [3.05, 3.63) is 70.7 Å². The highest BCUT2D eigenvalue weighted by atomic mass is 79.9. The number of hydrogen-bond donors (Lipinski definition) is 0. The molecule has 0 saturated carbocycles. The molecule has 3 aromatic carbocycles. The van der Waals surface area contributed by atoms with Crippen molar-refractivity contribution in [2.45, 2.75) is 0 Å². The maximum Gasteiger partial charge on any atom is 0.260 e. The summed E-state index contributed by atoms with van der Waals surface area (Å²) in [5, 5.41) is 2.14. The maximum absolute atomic E-state index is 12.7. The number of carbonyl (C=O) groups excluding carboxylic acids is 2. The number of piperazine rings is 1.